The van der Waals surface area contributed by atoms with E-state index in [1.807, 2.05) is 6.07 Å². The molecule has 1 aromatic carbocycles. The summed E-state index contributed by atoms with van der Waals surface area (Å²) in [6.45, 7) is 2.06. The first-order valence-electron chi connectivity index (χ1n) is 4.73. The molecule has 4 heteroatoms. The highest BCUT2D eigenvalue weighted by Gasteiger charge is 2.15. The van der Waals surface area contributed by atoms with Crippen LogP contribution in [-0.4, -0.2) is 0 Å². The van der Waals surface area contributed by atoms with Crippen molar-refractivity contribution in [2.24, 2.45) is 0 Å². The number of alkyl halides is 1. The smallest absolute Gasteiger partial charge is 0.0928 e. The van der Waals surface area contributed by atoms with E-state index in [2.05, 4.69) is 47.1 Å². The Kier molecular flexibility index (Phi) is 3.96. The Hall–Kier alpha value is -0.0200. The Morgan fingerprint density at radius 2 is 1.88 bits per heavy atom. The third-order valence-electron chi connectivity index (χ3n) is 2.28. The minimum Gasteiger partial charge on any atom is -0.130 e. The molecule has 0 N–H and O–H groups in total. The fourth-order valence-electron chi connectivity index (χ4n) is 1.39. The van der Waals surface area contributed by atoms with Gasteiger partial charge in [-0.05, 0) is 34.5 Å². The van der Waals surface area contributed by atoms with E-state index in [1.54, 1.807) is 11.3 Å². The van der Waals surface area contributed by atoms with Gasteiger partial charge in [0.25, 0.3) is 0 Å². The molecule has 0 saturated carbocycles. The molecule has 0 bridgehead atoms. The molecule has 2 aromatic rings. The molecule has 1 atom stereocenters. The van der Waals surface area contributed by atoms with Crippen LogP contribution in [0.3, 0.4) is 0 Å². The second-order valence-electron chi connectivity index (χ2n) is 3.54. The normalized spacial score (nSPS) is 12.8. The van der Waals surface area contributed by atoms with Gasteiger partial charge in [0, 0.05) is 4.88 Å². The Morgan fingerprint density at radius 1 is 1.25 bits per heavy atom. The van der Waals surface area contributed by atoms with Crippen LogP contribution < -0.4 is 0 Å². The fourth-order valence-corrected chi connectivity index (χ4v) is 3.48. The van der Waals surface area contributed by atoms with Crippen molar-refractivity contribution in [3.8, 4) is 0 Å². The number of aryl methyl sites for hydroxylation is 1. The third kappa shape index (κ3) is 2.62. The molecular weight excluding hydrogens is 327 g/mol. The van der Waals surface area contributed by atoms with E-state index in [9.17, 15) is 0 Å². The largest absolute Gasteiger partial charge is 0.130 e. The van der Waals surface area contributed by atoms with Crippen molar-refractivity contribution in [3.63, 3.8) is 0 Å². The lowest BCUT2D eigenvalue weighted by Crippen LogP contribution is -1.89. The summed E-state index contributed by atoms with van der Waals surface area (Å²) in [4.78, 5) is 1.06. The minimum atomic E-state index is -0.130. The molecule has 0 amide bonds. The summed E-state index contributed by atoms with van der Waals surface area (Å²) in [6.07, 6.45) is 0. The summed E-state index contributed by atoms with van der Waals surface area (Å²) < 4.78 is 0.932. The van der Waals surface area contributed by atoms with E-state index < -0.39 is 0 Å². The lowest BCUT2D eigenvalue weighted by Gasteiger charge is -2.07. The van der Waals surface area contributed by atoms with E-state index in [0.717, 1.165) is 19.2 Å². The summed E-state index contributed by atoms with van der Waals surface area (Å²) in [6, 6.07) is 10.1. The second-order valence-corrected chi connectivity index (χ2v) is 6.79. The predicted molar refractivity (Wildman–Crippen MR) is 75.9 cm³/mol. The molecule has 1 unspecified atom stereocenters. The highest BCUT2D eigenvalue weighted by Crippen LogP contribution is 2.40. The summed E-state index contributed by atoms with van der Waals surface area (Å²) in [5.41, 5.74) is 2.33. The van der Waals surface area contributed by atoms with Crippen LogP contribution >= 0.6 is 50.5 Å². The van der Waals surface area contributed by atoms with Gasteiger partial charge in [-0.15, -0.1) is 22.9 Å². The zero-order chi connectivity index (χ0) is 11.7. The quantitative estimate of drug-likeness (QED) is 0.608. The molecule has 1 aromatic heterocycles. The van der Waals surface area contributed by atoms with E-state index >= 15 is 0 Å². The first kappa shape index (κ1) is 12.4. The maximum Gasteiger partial charge on any atom is 0.0928 e. The minimum absolute atomic E-state index is 0.130. The van der Waals surface area contributed by atoms with Gasteiger partial charge in [0.1, 0.15) is 0 Å². The maximum absolute atomic E-state index is 6.40. The van der Waals surface area contributed by atoms with Crippen molar-refractivity contribution in [3.05, 3.63) is 55.1 Å². The van der Waals surface area contributed by atoms with Gasteiger partial charge in [-0.25, -0.2) is 0 Å². The molecule has 0 aliphatic rings. The van der Waals surface area contributed by atoms with Gasteiger partial charge >= 0.3 is 0 Å². The third-order valence-corrected chi connectivity index (χ3v) is 5.44. The lowest BCUT2D eigenvalue weighted by atomic mass is 10.1. The van der Waals surface area contributed by atoms with Gasteiger partial charge in [-0.1, -0.05) is 41.4 Å². The zero-order valence-corrected chi connectivity index (χ0v) is 12.4. The summed E-state index contributed by atoms with van der Waals surface area (Å²) in [5.74, 6) is 0. The van der Waals surface area contributed by atoms with E-state index in [1.165, 1.54) is 5.56 Å². The number of halogens is 3. The first-order valence-corrected chi connectivity index (χ1v) is 7.15. The predicted octanol–water partition coefficient (Wildman–Crippen LogP) is 5.80. The van der Waals surface area contributed by atoms with Gasteiger partial charge in [0.15, 0.2) is 0 Å². The van der Waals surface area contributed by atoms with Crippen LogP contribution in [0.5, 0.6) is 0 Å². The van der Waals surface area contributed by atoms with E-state index in [-0.39, 0.29) is 5.38 Å². The van der Waals surface area contributed by atoms with Crippen molar-refractivity contribution in [2.45, 2.75) is 12.3 Å². The highest BCUT2D eigenvalue weighted by atomic mass is 79.9. The lowest BCUT2D eigenvalue weighted by molar-refractivity contribution is 1.18. The van der Waals surface area contributed by atoms with Gasteiger partial charge in [-0.3, -0.25) is 0 Å². The molecule has 0 saturated heterocycles. The zero-order valence-electron chi connectivity index (χ0n) is 8.51. The van der Waals surface area contributed by atoms with Crippen LogP contribution in [0.15, 0.2) is 34.1 Å². The second kappa shape index (κ2) is 5.09. The van der Waals surface area contributed by atoms with Gasteiger partial charge in [0.2, 0.25) is 0 Å². The van der Waals surface area contributed by atoms with Gasteiger partial charge in [0.05, 0.1) is 14.2 Å². The molecule has 84 valence electrons. The molecule has 1 heterocycles. The average molecular weight is 336 g/mol. The van der Waals surface area contributed by atoms with Crippen molar-refractivity contribution < 1.29 is 0 Å². The van der Waals surface area contributed by atoms with Crippen LogP contribution in [-0.2, 0) is 0 Å². The molecule has 2 rings (SSSR count). The Labute approximate surface area is 117 Å². The fraction of sp³-hybridized carbons (Fsp3) is 0.167. The molecule has 0 fully saturated rings. The standard InChI is InChI=1S/C12H9BrCl2S/c1-7-2-4-8(5-3-7)11(15)10-6-9(14)12(13)16-10/h2-6,11H,1H3. The monoisotopic (exact) mass is 334 g/mol. The molecule has 16 heavy (non-hydrogen) atoms. The number of benzene rings is 1. The Balaban J connectivity index is 2.31. The van der Waals surface area contributed by atoms with Crippen LogP contribution in [0.2, 0.25) is 5.02 Å². The molecule has 0 radical (unpaired) electrons. The number of hydrogen-bond acceptors (Lipinski definition) is 1. The molecule has 0 aliphatic heterocycles. The highest BCUT2D eigenvalue weighted by molar-refractivity contribution is 9.11. The van der Waals surface area contributed by atoms with Gasteiger partial charge in [-0.2, -0.15) is 0 Å². The summed E-state index contributed by atoms with van der Waals surface area (Å²) >= 11 is 17.4. The molecule has 0 nitrogen and oxygen atoms in total. The van der Waals surface area contributed by atoms with E-state index in [0.29, 0.717) is 0 Å². The molecular formula is C12H9BrCl2S. The van der Waals surface area contributed by atoms with E-state index in [4.69, 9.17) is 23.2 Å². The number of thiophene rings is 1. The van der Waals surface area contributed by atoms with Gasteiger partial charge < -0.3 is 0 Å². The Bertz CT molecular complexity index is 471. The summed E-state index contributed by atoms with van der Waals surface area (Å²) in [5, 5.41) is 0.590. The number of rotatable bonds is 2. The van der Waals surface area contributed by atoms with Crippen LogP contribution in [0, 0.1) is 6.92 Å². The van der Waals surface area contributed by atoms with Crippen LogP contribution in [0.25, 0.3) is 0 Å². The van der Waals surface area contributed by atoms with Crippen LogP contribution in [0.4, 0.5) is 0 Å². The van der Waals surface area contributed by atoms with Crippen molar-refractivity contribution in [1.82, 2.24) is 0 Å². The maximum atomic E-state index is 6.40. The Morgan fingerprint density at radius 3 is 2.38 bits per heavy atom. The van der Waals surface area contributed by atoms with Crippen molar-refractivity contribution >= 4 is 50.5 Å². The number of hydrogen-bond donors (Lipinski definition) is 0. The first-order chi connectivity index (χ1) is 7.58. The topological polar surface area (TPSA) is 0 Å². The SMILES string of the molecule is Cc1ccc(C(Cl)c2cc(Cl)c(Br)s2)cc1. The summed E-state index contributed by atoms with van der Waals surface area (Å²) in [7, 11) is 0. The van der Waals surface area contributed by atoms with Crippen LogP contribution in [0.1, 0.15) is 21.4 Å². The average Bonchev–Trinajstić information content (AvgIpc) is 2.59. The molecule has 0 spiro atoms. The van der Waals surface area contributed by atoms with Crippen molar-refractivity contribution in [1.29, 1.82) is 0 Å². The van der Waals surface area contributed by atoms with Crippen molar-refractivity contribution in [2.75, 3.05) is 0 Å². The molecule has 0 aliphatic carbocycles.